The minimum atomic E-state index is 0.866. The van der Waals surface area contributed by atoms with E-state index < -0.39 is 0 Å². The van der Waals surface area contributed by atoms with E-state index in [9.17, 15) is 0 Å². The summed E-state index contributed by atoms with van der Waals surface area (Å²) < 4.78 is 6.06. The number of benzene rings is 1. The largest absolute Gasteiger partial charge is 0.396 e. The molecule has 3 heterocycles. The number of nitrogens with one attached hydrogen (secondary N) is 1. The fraction of sp³-hybridized carbons (Fsp3) is 0.667. The van der Waals surface area contributed by atoms with Crippen LogP contribution in [0.3, 0.4) is 0 Å². The number of piperazine rings is 2. The number of anilines is 1. The molecule has 1 saturated carbocycles. The summed E-state index contributed by atoms with van der Waals surface area (Å²) in [6, 6.07) is 9.51. The molecule has 8 heteroatoms. The Morgan fingerprint density at radius 1 is 1.03 bits per heavy atom. The van der Waals surface area contributed by atoms with Gasteiger partial charge in [-0.1, -0.05) is 24.4 Å². The Hall–Kier alpha value is -1.32. The molecular weight excluding hydrogens is 436 g/mol. The van der Waals surface area contributed by atoms with E-state index in [4.69, 9.17) is 4.37 Å². The van der Waals surface area contributed by atoms with Gasteiger partial charge >= 0.3 is 0 Å². The summed E-state index contributed by atoms with van der Waals surface area (Å²) in [5.41, 5.74) is 5.62. The van der Waals surface area contributed by atoms with Gasteiger partial charge in [0, 0.05) is 63.8 Å². The number of aromatic nitrogens is 1. The summed E-state index contributed by atoms with van der Waals surface area (Å²) in [5, 5.41) is 4.81. The van der Waals surface area contributed by atoms with Gasteiger partial charge in [-0.15, -0.1) is 0 Å². The van der Waals surface area contributed by atoms with Crippen molar-refractivity contribution in [1.82, 2.24) is 19.5 Å². The Morgan fingerprint density at radius 2 is 1.72 bits per heavy atom. The maximum atomic E-state index is 4.75. The monoisotopic (exact) mass is 474 g/mol. The Balaban J connectivity index is 0.000000775. The predicted molar refractivity (Wildman–Crippen MR) is 141 cm³/mol. The number of thiocarbonyl (C=S) groups is 1. The molecule has 176 valence electrons. The smallest absolute Gasteiger partial charge is 0.150 e. The average molecular weight is 475 g/mol. The van der Waals surface area contributed by atoms with Crippen molar-refractivity contribution in [1.29, 1.82) is 0 Å². The number of hydrogen-bond donors (Lipinski definition) is 2. The molecule has 2 saturated heterocycles. The third kappa shape index (κ3) is 6.17. The van der Waals surface area contributed by atoms with E-state index in [1.54, 1.807) is 11.5 Å². The molecule has 0 radical (unpaired) electrons. The van der Waals surface area contributed by atoms with Crippen LogP contribution in [-0.4, -0.2) is 84.6 Å². The van der Waals surface area contributed by atoms with E-state index in [2.05, 4.69) is 62.2 Å². The van der Waals surface area contributed by atoms with Gasteiger partial charge in [0.2, 0.25) is 0 Å². The van der Waals surface area contributed by atoms with Crippen LogP contribution in [0.4, 0.5) is 5.82 Å². The van der Waals surface area contributed by atoms with Gasteiger partial charge in [0.1, 0.15) is 5.82 Å². The quantitative estimate of drug-likeness (QED) is 0.646. The summed E-state index contributed by atoms with van der Waals surface area (Å²) in [4.78, 5) is 7.93. The molecule has 5 rings (SSSR count). The van der Waals surface area contributed by atoms with Crippen LogP contribution in [0, 0.1) is 5.92 Å². The topological polar surface area (TPSA) is 60.7 Å². The van der Waals surface area contributed by atoms with Crippen LogP contribution < -0.4 is 16.0 Å². The molecule has 0 spiro atoms. The molecule has 32 heavy (non-hydrogen) atoms. The first-order valence-corrected chi connectivity index (χ1v) is 13.4. The lowest BCUT2D eigenvalue weighted by Crippen LogP contribution is -2.49. The molecular formula is C24H38N6S2. The number of rotatable bonds is 5. The molecule has 3 N–H and O–H groups in total. The third-order valence-electron chi connectivity index (χ3n) is 7.37. The maximum Gasteiger partial charge on any atom is 0.150 e. The van der Waals surface area contributed by atoms with E-state index >= 15 is 0 Å². The number of nitrogens with zero attached hydrogens (tertiary/aromatic N) is 4. The van der Waals surface area contributed by atoms with Crippen molar-refractivity contribution in [3.63, 3.8) is 0 Å². The first kappa shape index (κ1) is 23.8. The van der Waals surface area contributed by atoms with E-state index in [0.29, 0.717) is 0 Å². The van der Waals surface area contributed by atoms with Crippen molar-refractivity contribution in [3.05, 3.63) is 24.3 Å². The highest BCUT2D eigenvalue weighted by Gasteiger charge is 2.27. The highest BCUT2D eigenvalue weighted by atomic mass is 32.1. The van der Waals surface area contributed by atoms with Crippen molar-refractivity contribution in [2.75, 3.05) is 63.8 Å². The standard InChI is InChI=1S/C23H35N5S.CH3NS/c1-2-4-22-21(3-1)23(25-29-22)28-17-15-26(16-18-28)12-9-19-5-7-20(8-6-19)27-13-10-24-11-14-27;2-1-3/h1-4,19-20,24H,5-18H2;1H,(H2,2,3)/t19-,20+;. The summed E-state index contributed by atoms with van der Waals surface area (Å²) in [7, 11) is 0. The molecule has 3 fully saturated rings. The highest BCUT2D eigenvalue weighted by molar-refractivity contribution is 7.78. The van der Waals surface area contributed by atoms with Crippen molar-refractivity contribution in [2.24, 2.45) is 11.7 Å². The molecule has 0 amide bonds. The van der Waals surface area contributed by atoms with Gasteiger partial charge in [0.25, 0.3) is 0 Å². The Morgan fingerprint density at radius 3 is 2.44 bits per heavy atom. The summed E-state index contributed by atoms with van der Waals surface area (Å²) in [5.74, 6) is 2.16. The molecule has 0 bridgehead atoms. The zero-order valence-corrected chi connectivity index (χ0v) is 20.8. The molecule has 1 aliphatic carbocycles. The van der Waals surface area contributed by atoms with Crippen molar-refractivity contribution >= 4 is 45.1 Å². The number of fused-ring (bicyclic) bond motifs is 1. The van der Waals surface area contributed by atoms with Gasteiger partial charge in [0.05, 0.1) is 10.2 Å². The minimum absolute atomic E-state index is 0.866. The SMILES string of the molecule is NC=S.c1ccc2c(N3CCN(CC[C@H]4CC[C@@H](N5CCNCC5)CC4)CC3)nsc2c1. The lowest BCUT2D eigenvalue weighted by atomic mass is 9.83. The van der Waals surface area contributed by atoms with Crippen molar-refractivity contribution < 1.29 is 0 Å². The van der Waals surface area contributed by atoms with Crippen LogP contribution in [0.2, 0.25) is 0 Å². The number of nitrogens with two attached hydrogens (primary N) is 1. The molecule has 0 unspecified atom stereocenters. The molecule has 3 aliphatic rings. The van der Waals surface area contributed by atoms with Gasteiger partial charge < -0.3 is 16.0 Å². The van der Waals surface area contributed by atoms with Gasteiger partial charge in [-0.3, -0.25) is 9.80 Å². The Bertz CT molecular complexity index is 821. The maximum absolute atomic E-state index is 4.75. The van der Waals surface area contributed by atoms with Gasteiger partial charge in [0.15, 0.2) is 0 Å². The summed E-state index contributed by atoms with van der Waals surface area (Å²) >= 11 is 5.68. The van der Waals surface area contributed by atoms with Crippen LogP contribution in [0.25, 0.3) is 10.1 Å². The first-order chi connectivity index (χ1) is 15.8. The Labute approximate surface area is 202 Å². The highest BCUT2D eigenvalue weighted by Crippen LogP contribution is 2.31. The second-order valence-corrected chi connectivity index (χ2v) is 10.3. The van der Waals surface area contributed by atoms with E-state index in [1.807, 2.05) is 0 Å². The molecule has 6 nitrogen and oxygen atoms in total. The van der Waals surface area contributed by atoms with Gasteiger partial charge in [-0.25, -0.2) is 0 Å². The summed E-state index contributed by atoms with van der Waals surface area (Å²) in [6.07, 6.45) is 7.14. The second kappa shape index (κ2) is 12.2. The minimum Gasteiger partial charge on any atom is -0.396 e. The van der Waals surface area contributed by atoms with E-state index in [-0.39, 0.29) is 0 Å². The third-order valence-corrected chi connectivity index (χ3v) is 8.19. The molecule has 1 aromatic carbocycles. The van der Waals surface area contributed by atoms with Crippen molar-refractivity contribution in [2.45, 2.75) is 38.1 Å². The second-order valence-electron chi connectivity index (χ2n) is 9.22. The fourth-order valence-electron chi connectivity index (χ4n) is 5.50. The normalized spacial score (nSPS) is 25.3. The molecule has 2 aliphatic heterocycles. The zero-order chi connectivity index (χ0) is 22.2. The molecule has 2 aromatic rings. The Kier molecular flexibility index (Phi) is 9.11. The van der Waals surface area contributed by atoms with E-state index in [1.165, 1.54) is 93.8 Å². The van der Waals surface area contributed by atoms with Crippen molar-refractivity contribution in [3.8, 4) is 0 Å². The van der Waals surface area contributed by atoms with E-state index in [0.717, 1.165) is 30.5 Å². The van der Waals surface area contributed by atoms with Crippen LogP contribution in [0.15, 0.2) is 24.3 Å². The van der Waals surface area contributed by atoms with Gasteiger partial charge in [-0.2, -0.15) is 4.37 Å². The predicted octanol–water partition coefficient (Wildman–Crippen LogP) is 3.17. The lowest BCUT2D eigenvalue weighted by molar-refractivity contribution is 0.115. The average Bonchev–Trinajstić information content (AvgIpc) is 3.29. The van der Waals surface area contributed by atoms with Crippen LogP contribution in [0.1, 0.15) is 32.1 Å². The molecule has 0 atom stereocenters. The number of hydrogen-bond acceptors (Lipinski definition) is 7. The lowest BCUT2D eigenvalue weighted by Gasteiger charge is -2.40. The van der Waals surface area contributed by atoms with Crippen LogP contribution in [0.5, 0.6) is 0 Å². The van der Waals surface area contributed by atoms with Crippen LogP contribution >= 0.6 is 23.8 Å². The van der Waals surface area contributed by atoms with Gasteiger partial charge in [-0.05, 0) is 68.2 Å². The molecule has 1 aromatic heterocycles. The first-order valence-electron chi connectivity index (χ1n) is 12.2. The summed E-state index contributed by atoms with van der Waals surface area (Å²) in [6.45, 7) is 10.8. The van der Waals surface area contributed by atoms with Crippen LogP contribution in [-0.2, 0) is 0 Å². The fourth-order valence-corrected chi connectivity index (χ4v) is 6.29. The zero-order valence-electron chi connectivity index (χ0n) is 19.1.